The minimum Gasteiger partial charge on any atom is -0.391 e. The lowest BCUT2D eigenvalue weighted by molar-refractivity contribution is -0.0338. The SMILES string of the molecule is O=C(c1cccnc1)N1CC(O)CC2(CCN(Cc3[nH]nc4ccccc34)CC2)C1. The molecule has 4 heterocycles. The number of aromatic amines is 1. The fourth-order valence-electron chi connectivity index (χ4n) is 5.09. The Morgan fingerprint density at radius 2 is 2.03 bits per heavy atom. The first-order valence-electron chi connectivity index (χ1n) is 10.6. The molecule has 0 radical (unpaired) electrons. The standard InChI is InChI=1S/C23H27N5O2/c29-18-12-23(16-28(14-18)22(30)17-4-3-9-24-13-17)7-10-27(11-8-23)15-21-19-5-1-2-6-20(19)25-26-21/h1-6,9,13,18,29H,7-8,10-12,14-16H2,(H,25,26). The Balaban J connectivity index is 1.25. The number of carbonyl (C=O) groups is 1. The Bertz CT molecular complexity index is 1030. The fraction of sp³-hybridized carbons (Fsp3) is 0.435. The first-order valence-corrected chi connectivity index (χ1v) is 10.6. The van der Waals surface area contributed by atoms with Crippen molar-refractivity contribution in [2.24, 2.45) is 5.41 Å². The number of nitrogens with zero attached hydrogens (tertiary/aromatic N) is 4. The summed E-state index contributed by atoms with van der Waals surface area (Å²) in [5, 5.41) is 19.3. The van der Waals surface area contributed by atoms with Crippen molar-refractivity contribution in [1.29, 1.82) is 0 Å². The molecule has 3 aromatic rings. The average Bonchev–Trinajstić information content (AvgIpc) is 3.18. The molecule has 1 aromatic carbocycles. The molecular weight excluding hydrogens is 378 g/mol. The topological polar surface area (TPSA) is 85.4 Å². The van der Waals surface area contributed by atoms with Crippen molar-refractivity contribution in [2.45, 2.75) is 31.9 Å². The number of benzene rings is 1. The molecule has 2 saturated heterocycles. The van der Waals surface area contributed by atoms with E-state index in [0.717, 1.165) is 50.1 Å². The Labute approximate surface area is 175 Å². The Kier molecular flexibility index (Phi) is 5.00. The number of rotatable bonds is 3. The van der Waals surface area contributed by atoms with E-state index in [0.29, 0.717) is 18.7 Å². The van der Waals surface area contributed by atoms with Crippen LogP contribution in [0.3, 0.4) is 0 Å². The van der Waals surface area contributed by atoms with Gasteiger partial charge in [-0.2, -0.15) is 5.10 Å². The maximum atomic E-state index is 12.9. The second-order valence-corrected chi connectivity index (χ2v) is 8.78. The van der Waals surface area contributed by atoms with Crippen molar-refractivity contribution in [3.05, 3.63) is 60.0 Å². The zero-order valence-electron chi connectivity index (χ0n) is 17.0. The van der Waals surface area contributed by atoms with Gasteiger partial charge in [-0.25, -0.2) is 0 Å². The van der Waals surface area contributed by atoms with Crippen LogP contribution in [0.2, 0.25) is 0 Å². The number of aliphatic hydroxyl groups excluding tert-OH is 1. The normalized spacial score (nSPS) is 21.9. The van der Waals surface area contributed by atoms with Gasteiger partial charge in [0.1, 0.15) is 0 Å². The van der Waals surface area contributed by atoms with Crippen LogP contribution in [0.5, 0.6) is 0 Å². The van der Waals surface area contributed by atoms with Crippen molar-refractivity contribution in [3.63, 3.8) is 0 Å². The third kappa shape index (κ3) is 3.70. The van der Waals surface area contributed by atoms with E-state index in [-0.39, 0.29) is 11.3 Å². The average molecular weight is 406 g/mol. The highest BCUT2D eigenvalue weighted by atomic mass is 16.3. The number of H-pyrrole nitrogens is 1. The van der Waals surface area contributed by atoms with Gasteiger partial charge in [-0.05, 0) is 56.0 Å². The molecule has 1 unspecified atom stereocenters. The minimum atomic E-state index is -0.470. The predicted molar refractivity (Wildman–Crippen MR) is 114 cm³/mol. The Morgan fingerprint density at radius 1 is 1.20 bits per heavy atom. The summed E-state index contributed by atoms with van der Waals surface area (Å²) >= 11 is 0. The third-order valence-electron chi connectivity index (χ3n) is 6.66. The van der Waals surface area contributed by atoms with Crippen LogP contribution in [-0.2, 0) is 6.54 Å². The summed E-state index contributed by atoms with van der Waals surface area (Å²) in [5.41, 5.74) is 2.73. The molecule has 2 fully saturated rings. The van der Waals surface area contributed by atoms with Crippen molar-refractivity contribution in [2.75, 3.05) is 26.2 Å². The molecule has 2 aromatic heterocycles. The highest BCUT2D eigenvalue weighted by Gasteiger charge is 2.43. The lowest BCUT2D eigenvalue weighted by Crippen LogP contribution is -2.55. The number of nitrogens with one attached hydrogen (secondary N) is 1. The summed E-state index contributed by atoms with van der Waals surface area (Å²) in [6.07, 6.45) is 5.53. The molecule has 2 N–H and O–H groups in total. The van der Waals surface area contributed by atoms with E-state index in [1.165, 1.54) is 5.39 Å². The third-order valence-corrected chi connectivity index (χ3v) is 6.66. The lowest BCUT2D eigenvalue weighted by Gasteiger charge is -2.49. The second kappa shape index (κ2) is 7.81. The number of hydrogen-bond acceptors (Lipinski definition) is 5. The maximum Gasteiger partial charge on any atom is 0.255 e. The number of hydrogen-bond donors (Lipinski definition) is 2. The van der Waals surface area contributed by atoms with Crippen LogP contribution in [0, 0.1) is 5.41 Å². The largest absolute Gasteiger partial charge is 0.391 e. The Hall–Kier alpha value is -2.77. The van der Waals surface area contributed by atoms with Crippen molar-refractivity contribution in [3.8, 4) is 0 Å². The molecule has 1 amide bonds. The summed E-state index contributed by atoms with van der Waals surface area (Å²) in [5.74, 6) is -0.0346. The number of para-hydroxylation sites is 1. The zero-order valence-corrected chi connectivity index (χ0v) is 17.0. The van der Waals surface area contributed by atoms with Gasteiger partial charge in [-0.1, -0.05) is 18.2 Å². The molecular formula is C23H27N5O2. The highest BCUT2D eigenvalue weighted by molar-refractivity contribution is 5.94. The monoisotopic (exact) mass is 405 g/mol. The summed E-state index contributed by atoms with van der Waals surface area (Å²) in [7, 11) is 0. The maximum absolute atomic E-state index is 12.9. The molecule has 1 spiro atoms. The van der Waals surface area contributed by atoms with Crippen LogP contribution in [0.15, 0.2) is 48.8 Å². The summed E-state index contributed by atoms with van der Waals surface area (Å²) in [4.78, 5) is 21.3. The second-order valence-electron chi connectivity index (χ2n) is 8.78. The fourth-order valence-corrected chi connectivity index (χ4v) is 5.09. The van der Waals surface area contributed by atoms with Gasteiger partial charge in [-0.3, -0.25) is 19.8 Å². The quantitative estimate of drug-likeness (QED) is 0.699. The molecule has 5 rings (SSSR count). The van der Waals surface area contributed by atoms with E-state index in [1.54, 1.807) is 24.5 Å². The number of likely N-dealkylation sites (tertiary alicyclic amines) is 2. The van der Waals surface area contributed by atoms with E-state index < -0.39 is 6.10 Å². The van der Waals surface area contributed by atoms with Gasteiger partial charge in [0.2, 0.25) is 0 Å². The molecule has 7 nitrogen and oxygen atoms in total. The minimum absolute atomic E-state index is 0.0118. The summed E-state index contributed by atoms with van der Waals surface area (Å²) < 4.78 is 0. The number of fused-ring (bicyclic) bond motifs is 1. The number of pyridine rings is 1. The summed E-state index contributed by atoms with van der Waals surface area (Å²) in [6.45, 7) is 3.86. The summed E-state index contributed by atoms with van der Waals surface area (Å²) in [6, 6.07) is 11.8. The van der Waals surface area contributed by atoms with E-state index >= 15 is 0 Å². The van der Waals surface area contributed by atoms with Crippen molar-refractivity contribution in [1.82, 2.24) is 25.0 Å². The van der Waals surface area contributed by atoms with E-state index in [2.05, 4.69) is 26.1 Å². The Morgan fingerprint density at radius 3 is 2.83 bits per heavy atom. The van der Waals surface area contributed by atoms with Crippen LogP contribution in [0.1, 0.15) is 35.3 Å². The first kappa shape index (κ1) is 19.2. The van der Waals surface area contributed by atoms with Gasteiger partial charge in [0.15, 0.2) is 0 Å². The molecule has 1 atom stereocenters. The molecule has 30 heavy (non-hydrogen) atoms. The van der Waals surface area contributed by atoms with Crippen LogP contribution >= 0.6 is 0 Å². The van der Waals surface area contributed by atoms with Gasteiger partial charge in [0.05, 0.1) is 22.9 Å². The van der Waals surface area contributed by atoms with Gasteiger partial charge < -0.3 is 10.0 Å². The van der Waals surface area contributed by atoms with Gasteiger partial charge in [0.25, 0.3) is 5.91 Å². The van der Waals surface area contributed by atoms with Crippen LogP contribution in [-0.4, -0.2) is 68.3 Å². The van der Waals surface area contributed by atoms with Crippen molar-refractivity contribution >= 4 is 16.8 Å². The molecule has 0 saturated carbocycles. The van der Waals surface area contributed by atoms with Crippen molar-refractivity contribution < 1.29 is 9.90 Å². The number of piperidine rings is 2. The number of β-amino-alcohol motifs (C(OH)–C–C–N with tert-alkyl or cyclic N) is 1. The molecule has 0 bridgehead atoms. The zero-order chi connectivity index (χ0) is 20.6. The first-order chi connectivity index (χ1) is 14.6. The van der Waals surface area contributed by atoms with Gasteiger partial charge >= 0.3 is 0 Å². The molecule has 7 heteroatoms. The molecule has 0 aliphatic carbocycles. The van der Waals surface area contributed by atoms with Crippen LogP contribution < -0.4 is 0 Å². The van der Waals surface area contributed by atoms with Gasteiger partial charge in [-0.15, -0.1) is 0 Å². The van der Waals surface area contributed by atoms with Crippen LogP contribution in [0.25, 0.3) is 10.9 Å². The van der Waals surface area contributed by atoms with E-state index in [9.17, 15) is 9.90 Å². The smallest absolute Gasteiger partial charge is 0.255 e. The predicted octanol–water partition coefficient (Wildman–Crippen LogP) is 2.45. The van der Waals surface area contributed by atoms with Crippen LogP contribution in [0.4, 0.5) is 0 Å². The van der Waals surface area contributed by atoms with E-state index in [1.807, 2.05) is 23.1 Å². The highest BCUT2D eigenvalue weighted by Crippen LogP contribution is 2.40. The number of carbonyl (C=O) groups excluding carboxylic acids is 1. The molecule has 2 aliphatic rings. The van der Waals surface area contributed by atoms with Gasteiger partial charge in [0, 0.05) is 37.4 Å². The van der Waals surface area contributed by atoms with E-state index in [4.69, 9.17) is 0 Å². The molecule has 156 valence electrons. The molecule has 2 aliphatic heterocycles. The number of amides is 1. The number of aliphatic hydroxyl groups is 1. The lowest BCUT2D eigenvalue weighted by atomic mass is 9.71. The number of aromatic nitrogens is 3.